The highest BCUT2D eigenvalue weighted by Gasteiger charge is 2.18. The SMILES string of the molecule is Cc1cccc(C)c1NC(=O)CCSc1c(=O)o[nH][n+]1C. The lowest BCUT2D eigenvalue weighted by molar-refractivity contribution is -0.772. The van der Waals surface area contributed by atoms with Crippen LogP contribution in [0.15, 0.2) is 32.5 Å². The van der Waals surface area contributed by atoms with Gasteiger partial charge in [0.1, 0.15) is 0 Å². The van der Waals surface area contributed by atoms with Gasteiger partial charge in [0.15, 0.2) is 7.05 Å². The molecule has 0 radical (unpaired) electrons. The molecule has 112 valence electrons. The molecule has 0 aliphatic rings. The van der Waals surface area contributed by atoms with Crippen LogP contribution in [0.5, 0.6) is 0 Å². The number of hydrogen-bond donors (Lipinski definition) is 2. The Bertz CT molecular complexity index is 685. The average molecular weight is 308 g/mol. The number of aromatic nitrogens is 2. The van der Waals surface area contributed by atoms with Crippen molar-refractivity contribution in [3.8, 4) is 0 Å². The quantitative estimate of drug-likeness (QED) is 0.648. The van der Waals surface area contributed by atoms with Gasteiger partial charge >= 0.3 is 10.7 Å². The topological polar surface area (TPSA) is 79.0 Å². The second-order valence-electron chi connectivity index (χ2n) is 4.76. The van der Waals surface area contributed by atoms with Gasteiger partial charge in [0, 0.05) is 17.9 Å². The van der Waals surface area contributed by atoms with E-state index in [9.17, 15) is 9.59 Å². The molecule has 1 aromatic carbocycles. The largest absolute Gasteiger partial charge is 0.441 e. The summed E-state index contributed by atoms with van der Waals surface area (Å²) in [7, 11) is 1.68. The fourth-order valence-corrected chi connectivity index (χ4v) is 2.81. The highest BCUT2D eigenvalue weighted by molar-refractivity contribution is 7.99. The molecule has 0 bridgehead atoms. The fourth-order valence-electron chi connectivity index (χ4n) is 1.94. The molecule has 1 aromatic heterocycles. The zero-order valence-electron chi connectivity index (χ0n) is 12.2. The first-order chi connectivity index (χ1) is 9.99. The lowest BCUT2D eigenvalue weighted by Crippen LogP contribution is -2.33. The summed E-state index contributed by atoms with van der Waals surface area (Å²) in [5, 5.41) is 5.81. The predicted molar refractivity (Wildman–Crippen MR) is 80.4 cm³/mol. The van der Waals surface area contributed by atoms with E-state index in [1.165, 1.54) is 16.4 Å². The summed E-state index contributed by atoms with van der Waals surface area (Å²) in [6.45, 7) is 3.92. The Morgan fingerprint density at radius 2 is 2.05 bits per heavy atom. The van der Waals surface area contributed by atoms with E-state index in [0.717, 1.165) is 16.8 Å². The molecule has 0 aliphatic carbocycles. The van der Waals surface area contributed by atoms with E-state index >= 15 is 0 Å². The molecule has 2 aromatic rings. The van der Waals surface area contributed by atoms with Gasteiger partial charge in [-0.05, 0) is 42.0 Å². The maximum Gasteiger partial charge on any atom is 0.441 e. The fraction of sp³-hybridized carbons (Fsp3) is 0.357. The molecule has 2 rings (SSSR count). The summed E-state index contributed by atoms with van der Waals surface area (Å²) in [5.41, 5.74) is 2.51. The monoisotopic (exact) mass is 308 g/mol. The van der Waals surface area contributed by atoms with Crippen LogP contribution in [0, 0.1) is 13.8 Å². The van der Waals surface area contributed by atoms with Crippen LogP contribution in [0.2, 0.25) is 0 Å². The second-order valence-corrected chi connectivity index (χ2v) is 5.84. The van der Waals surface area contributed by atoms with E-state index in [1.807, 2.05) is 32.0 Å². The Kier molecular flexibility index (Phi) is 4.85. The third-order valence-corrected chi connectivity index (χ3v) is 4.19. The number of benzene rings is 1. The molecular formula is C14H18N3O3S+. The molecule has 0 saturated heterocycles. The number of rotatable bonds is 5. The minimum Gasteiger partial charge on any atom is -0.326 e. The van der Waals surface area contributed by atoms with Crippen LogP contribution < -0.4 is 15.6 Å². The van der Waals surface area contributed by atoms with Crippen molar-refractivity contribution in [2.45, 2.75) is 25.3 Å². The van der Waals surface area contributed by atoms with Crippen LogP contribution in [0.25, 0.3) is 0 Å². The zero-order chi connectivity index (χ0) is 15.4. The Morgan fingerprint density at radius 1 is 1.38 bits per heavy atom. The second kappa shape index (κ2) is 6.62. The summed E-state index contributed by atoms with van der Waals surface area (Å²) in [5.74, 6) is 0.440. The van der Waals surface area contributed by atoms with E-state index in [1.54, 1.807) is 7.05 Å². The van der Waals surface area contributed by atoms with E-state index in [-0.39, 0.29) is 5.91 Å². The number of aromatic amines is 1. The zero-order valence-corrected chi connectivity index (χ0v) is 13.0. The molecule has 2 N–H and O–H groups in total. The number of amides is 1. The number of H-pyrrole nitrogens is 1. The van der Waals surface area contributed by atoms with Crippen molar-refractivity contribution in [2.24, 2.45) is 7.05 Å². The maximum absolute atomic E-state index is 12.0. The van der Waals surface area contributed by atoms with Gasteiger partial charge in [0.05, 0.1) is 0 Å². The van der Waals surface area contributed by atoms with Gasteiger partial charge in [0.25, 0.3) is 0 Å². The van der Waals surface area contributed by atoms with E-state index in [2.05, 4.69) is 15.1 Å². The first-order valence-corrected chi connectivity index (χ1v) is 7.54. The van der Waals surface area contributed by atoms with Crippen molar-refractivity contribution >= 4 is 23.4 Å². The molecule has 0 aliphatic heterocycles. The Hall–Kier alpha value is -2.02. The number of para-hydroxylation sites is 1. The molecule has 0 atom stereocenters. The van der Waals surface area contributed by atoms with E-state index < -0.39 is 5.63 Å². The number of anilines is 1. The number of carbonyl (C=O) groups is 1. The molecule has 21 heavy (non-hydrogen) atoms. The minimum atomic E-state index is -0.419. The summed E-state index contributed by atoms with van der Waals surface area (Å²) >= 11 is 1.29. The van der Waals surface area contributed by atoms with E-state index in [0.29, 0.717) is 17.2 Å². The number of hydrogen-bond acceptors (Lipinski definition) is 4. The molecule has 0 spiro atoms. The van der Waals surface area contributed by atoms with Crippen molar-refractivity contribution in [2.75, 3.05) is 11.1 Å². The Labute approximate surface area is 126 Å². The van der Waals surface area contributed by atoms with Gasteiger partial charge in [-0.1, -0.05) is 22.9 Å². The van der Waals surface area contributed by atoms with Crippen LogP contribution in [0.4, 0.5) is 5.69 Å². The van der Waals surface area contributed by atoms with Gasteiger partial charge in [-0.2, -0.15) is 0 Å². The van der Waals surface area contributed by atoms with Gasteiger partial charge in [-0.25, -0.2) is 4.79 Å². The Balaban J connectivity index is 1.90. The average Bonchev–Trinajstić information content (AvgIpc) is 2.75. The molecule has 6 nitrogen and oxygen atoms in total. The first kappa shape index (κ1) is 15.4. The van der Waals surface area contributed by atoms with Crippen molar-refractivity contribution in [1.82, 2.24) is 5.27 Å². The number of thioether (sulfide) groups is 1. The smallest absolute Gasteiger partial charge is 0.326 e. The van der Waals surface area contributed by atoms with Gasteiger partial charge in [-0.15, -0.1) is 0 Å². The molecule has 1 heterocycles. The molecule has 0 fully saturated rings. The third kappa shape index (κ3) is 3.75. The number of carbonyl (C=O) groups excluding carboxylic acids is 1. The van der Waals surface area contributed by atoms with Crippen LogP contribution in [0.1, 0.15) is 17.5 Å². The van der Waals surface area contributed by atoms with Crippen molar-refractivity contribution in [3.05, 3.63) is 39.7 Å². The number of nitrogens with zero attached hydrogens (tertiary/aromatic N) is 1. The van der Waals surface area contributed by atoms with Gasteiger partial charge in [-0.3, -0.25) is 9.32 Å². The van der Waals surface area contributed by atoms with Crippen molar-refractivity contribution < 1.29 is 14.0 Å². The standard InChI is InChI=1S/C14H17N3O3S/c1-9-5-4-6-10(2)12(9)15-11(18)7-8-21-13-14(19)20-16-17(13)3/h4-6H,7-8H2,1-3H3,(H-,15,16,18,19)/p+1. The van der Waals surface area contributed by atoms with Gasteiger partial charge in [0.2, 0.25) is 5.91 Å². The van der Waals surface area contributed by atoms with Crippen LogP contribution >= 0.6 is 11.8 Å². The third-order valence-electron chi connectivity index (χ3n) is 3.07. The van der Waals surface area contributed by atoms with Crippen LogP contribution in [-0.2, 0) is 11.8 Å². The molecule has 7 heteroatoms. The lowest BCUT2D eigenvalue weighted by Gasteiger charge is -2.10. The molecule has 1 amide bonds. The summed E-state index contributed by atoms with van der Waals surface area (Å²) < 4.78 is 6.14. The predicted octanol–water partition coefficient (Wildman–Crippen LogP) is 1.53. The van der Waals surface area contributed by atoms with Crippen molar-refractivity contribution in [3.63, 3.8) is 0 Å². The highest BCUT2D eigenvalue weighted by atomic mass is 32.2. The Morgan fingerprint density at radius 3 is 2.62 bits per heavy atom. The summed E-state index contributed by atoms with van der Waals surface area (Å²) in [6.07, 6.45) is 0.322. The lowest BCUT2D eigenvalue weighted by atomic mass is 10.1. The maximum atomic E-state index is 12.0. The summed E-state index contributed by atoms with van der Waals surface area (Å²) in [4.78, 5) is 23.3. The molecular weight excluding hydrogens is 290 g/mol. The van der Waals surface area contributed by atoms with Crippen LogP contribution in [-0.4, -0.2) is 16.9 Å². The number of nitrogens with one attached hydrogen (secondary N) is 2. The summed E-state index contributed by atoms with van der Waals surface area (Å²) in [6, 6.07) is 5.88. The van der Waals surface area contributed by atoms with Gasteiger partial charge < -0.3 is 5.32 Å². The normalized spacial score (nSPS) is 10.6. The first-order valence-electron chi connectivity index (χ1n) is 6.55. The number of aryl methyl sites for hydroxylation is 3. The highest BCUT2D eigenvalue weighted by Crippen LogP contribution is 2.20. The minimum absolute atomic E-state index is 0.0672. The van der Waals surface area contributed by atoms with E-state index in [4.69, 9.17) is 0 Å². The van der Waals surface area contributed by atoms with Crippen LogP contribution in [0.3, 0.4) is 0 Å². The molecule has 0 unspecified atom stereocenters. The molecule has 0 saturated carbocycles. The van der Waals surface area contributed by atoms with Crippen molar-refractivity contribution in [1.29, 1.82) is 0 Å².